The molecule has 0 aromatic heterocycles. The summed E-state index contributed by atoms with van der Waals surface area (Å²) in [5, 5.41) is 0. The Bertz CT molecular complexity index is 413. The quantitative estimate of drug-likeness (QED) is 0.724. The molecule has 0 spiro atoms. The highest BCUT2D eigenvalue weighted by Gasteiger charge is 2.51. The number of hydrogen-bond donors (Lipinski definition) is 0. The molecular formula is C13H21B2NO2. The van der Waals surface area contributed by atoms with Crippen LogP contribution in [0.15, 0.2) is 24.3 Å². The number of benzene rings is 1. The van der Waals surface area contributed by atoms with E-state index in [-0.39, 0.29) is 18.3 Å². The van der Waals surface area contributed by atoms with Crippen molar-refractivity contribution in [3.8, 4) is 0 Å². The summed E-state index contributed by atoms with van der Waals surface area (Å²) in [4.78, 5) is 2.08. The van der Waals surface area contributed by atoms with Crippen molar-refractivity contribution in [3.63, 3.8) is 0 Å². The van der Waals surface area contributed by atoms with Crippen LogP contribution in [0.5, 0.6) is 0 Å². The lowest BCUT2D eigenvalue weighted by molar-refractivity contribution is 0.00578. The summed E-state index contributed by atoms with van der Waals surface area (Å²) in [5.74, 6) is 0. The van der Waals surface area contributed by atoms with E-state index in [1.165, 1.54) is 5.69 Å². The average Bonchev–Trinajstić information content (AvgIpc) is 2.48. The first kappa shape index (κ1) is 13.5. The van der Waals surface area contributed by atoms with E-state index in [1.54, 1.807) is 0 Å². The largest absolute Gasteiger partial charge is 0.494 e. The van der Waals surface area contributed by atoms with E-state index in [1.807, 2.05) is 15.0 Å². The summed E-state index contributed by atoms with van der Waals surface area (Å²) in [6.45, 7) is 8.28. The SMILES string of the molecule is BN(C)c1ccc(B2OC(C)(C)C(C)(C)O2)cc1. The molecule has 0 N–H and O–H groups in total. The second-order valence-corrected chi connectivity index (χ2v) is 6.07. The summed E-state index contributed by atoms with van der Waals surface area (Å²) in [7, 11) is 3.79. The van der Waals surface area contributed by atoms with Gasteiger partial charge in [-0.2, -0.15) is 0 Å². The Hall–Kier alpha value is -0.930. The highest BCUT2D eigenvalue weighted by atomic mass is 16.7. The zero-order valence-corrected chi connectivity index (χ0v) is 12.2. The number of rotatable bonds is 2. The highest BCUT2D eigenvalue weighted by Crippen LogP contribution is 2.36. The van der Waals surface area contributed by atoms with Gasteiger partial charge in [-0.25, -0.2) is 0 Å². The van der Waals surface area contributed by atoms with Gasteiger partial charge in [0.15, 0.2) is 0 Å². The van der Waals surface area contributed by atoms with E-state index < -0.39 is 0 Å². The Kier molecular flexibility index (Phi) is 3.24. The Morgan fingerprint density at radius 2 is 1.44 bits per heavy atom. The van der Waals surface area contributed by atoms with Gasteiger partial charge in [0, 0.05) is 5.69 Å². The summed E-state index contributed by atoms with van der Waals surface area (Å²) >= 11 is 0. The average molecular weight is 245 g/mol. The monoisotopic (exact) mass is 245 g/mol. The summed E-state index contributed by atoms with van der Waals surface area (Å²) in [5.41, 5.74) is 1.69. The summed E-state index contributed by atoms with van der Waals surface area (Å²) in [6.07, 6.45) is 0. The van der Waals surface area contributed by atoms with E-state index in [9.17, 15) is 0 Å². The predicted molar refractivity (Wildman–Crippen MR) is 79.1 cm³/mol. The van der Waals surface area contributed by atoms with Gasteiger partial charge in [0.25, 0.3) is 0 Å². The molecule has 1 saturated heterocycles. The molecule has 1 fully saturated rings. The molecule has 0 amide bonds. The van der Waals surface area contributed by atoms with Crippen molar-refractivity contribution in [2.24, 2.45) is 0 Å². The summed E-state index contributed by atoms with van der Waals surface area (Å²) < 4.78 is 12.0. The maximum Gasteiger partial charge on any atom is 0.494 e. The van der Waals surface area contributed by atoms with Gasteiger partial charge in [-0.15, -0.1) is 0 Å². The number of nitrogens with zero attached hydrogens (tertiary/aromatic N) is 1. The van der Waals surface area contributed by atoms with Crippen molar-refractivity contribution in [3.05, 3.63) is 24.3 Å². The molecule has 1 aromatic carbocycles. The van der Waals surface area contributed by atoms with Crippen LogP contribution in [0.2, 0.25) is 0 Å². The molecule has 1 aromatic rings. The summed E-state index contributed by atoms with van der Waals surface area (Å²) in [6, 6.07) is 8.30. The van der Waals surface area contributed by atoms with Crippen LogP contribution in [-0.2, 0) is 9.31 Å². The standard InChI is InChI=1S/C13H21B2NO2/c1-12(2)13(3,4)18-15(17-12)10-6-8-11(9-7-10)16(5)14/h6-9H,14H2,1-5H3. The van der Waals surface area contributed by atoms with E-state index in [4.69, 9.17) is 9.31 Å². The Balaban J connectivity index is 2.19. The van der Waals surface area contributed by atoms with E-state index in [0.717, 1.165) is 5.46 Å². The van der Waals surface area contributed by atoms with Crippen molar-refractivity contribution < 1.29 is 9.31 Å². The molecule has 0 atom stereocenters. The molecule has 3 nitrogen and oxygen atoms in total. The minimum absolute atomic E-state index is 0.272. The van der Waals surface area contributed by atoms with Crippen LogP contribution in [0, 0.1) is 0 Å². The smallest absolute Gasteiger partial charge is 0.424 e. The third kappa shape index (κ3) is 2.29. The Morgan fingerprint density at radius 3 is 1.83 bits per heavy atom. The van der Waals surface area contributed by atoms with Gasteiger partial charge in [0.2, 0.25) is 7.98 Å². The molecule has 1 aliphatic heterocycles. The molecule has 18 heavy (non-hydrogen) atoms. The van der Waals surface area contributed by atoms with Gasteiger partial charge >= 0.3 is 7.12 Å². The Morgan fingerprint density at radius 1 is 1.00 bits per heavy atom. The first-order valence-electron chi connectivity index (χ1n) is 6.36. The van der Waals surface area contributed by atoms with Crippen LogP contribution in [0.3, 0.4) is 0 Å². The zero-order chi connectivity index (χ0) is 13.6. The normalized spacial score (nSPS) is 21.1. The number of anilines is 1. The molecule has 0 unspecified atom stereocenters. The second-order valence-electron chi connectivity index (χ2n) is 6.07. The van der Waals surface area contributed by atoms with E-state index >= 15 is 0 Å². The molecule has 0 aliphatic carbocycles. The van der Waals surface area contributed by atoms with E-state index in [0.29, 0.717) is 0 Å². The van der Waals surface area contributed by atoms with Crippen LogP contribution in [0.25, 0.3) is 0 Å². The molecular weight excluding hydrogens is 224 g/mol. The Labute approximate surface area is 111 Å². The second kappa shape index (κ2) is 4.32. The molecule has 0 bridgehead atoms. The van der Waals surface area contributed by atoms with Crippen molar-refractivity contribution in [1.82, 2.24) is 0 Å². The fraction of sp³-hybridized carbons (Fsp3) is 0.538. The van der Waals surface area contributed by atoms with Gasteiger partial charge in [0.05, 0.1) is 11.2 Å². The maximum absolute atomic E-state index is 6.01. The maximum atomic E-state index is 6.01. The van der Waals surface area contributed by atoms with Crippen molar-refractivity contribution in [1.29, 1.82) is 0 Å². The topological polar surface area (TPSA) is 21.7 Å². The van der Waals surface area contributed by atoms with Gasteiger partial charge in [-0.1, -0.05) is 12.1 Å². The van der Waals surface area contributed by atoms with Crippen LogP contribution >= 0.6 is 0 Å². The van der Waals surface area contributed by atoms with Crippen molar-refractivity contribution >= 4 is 26.2 Å². The molecule has 2 rings (SSSR count). The van der Waals surface area contributed by atoms with Crippen LogP contribution in [0.1, 0.15) is 27.7 Å². The fourth-order valence-corrected chi connectivity index (χ4v) is 1.91. The van der Waals surface area contributed by atoms with Crippen LogP contribution < -0.4 is 10.3 Å². The minimum atomic E-state index is -0.280. The van der Waals surface area contributed by atoms with Gasteiger partial charge in [-0.05, 0) is 52.3 Å². The number of hydrogen-bond acceptors (Lipinski definition) is 3. The first-order chi connectivity index (χ1) is 8.23. The van der Waals surface area contributed by atoms with E-state index in [2.05, 4.69) is 56.8 Å². The predicted octanol–water partition coefficient (Wildman–Crippen LogP) is 0.970. The molecule has 1 heterocycles. The van der Waals surface area contributed by atoms with Crippen LogP contribution in [0.4, 0.5) is 5.69 Å². The minimum Gasteiger partial charge on any atom is -0.424 e. The lowest BCUT2D eigenvalue weighted by atomic mass is 9.79. The van der Waals surface area contributed by atoms with Gasteiger partial charge in [0.1, 0.15) is 0 Å². The molecule has 1 aliphatic rings. The first-order valence-corrected chi connectivity index (χ1v) is 6.36. The van der Waals surface area contributed by atoms with Crippen LogP contribution in [-0.4, -0.2) is 33.3 Å². The highest BCUT2D eigenvalue weighted by molar-refractivity contribution is 6.62. The molecule has 0 radical (unpaired) electrons. The fourth-order valence-electron chi connectivity index (χ4n) is 1.91. The lowest BCUT2D eigenvalue weighted by Gasteiger charge is -2.32. The van der Waals surface area contributed by atoms with Gasteiger partial charge in [-0.3, -0.25) is 0 Å². The zero-order valence-electron chi connectivity index (χ0n) is 12.2. The third-order valence-corrected chi connectivity index (χ3v) is 3.93. The molecule has 96 valence electrons. The molecule has 0 saturated carbocycles. The third-order valence-electron chi connectivity index (χ3n) is 3.93. The molecule has 5 heteroatoms. The van der Waals surface area contributed by atoms with Crippen molar-refractivity contribution in [2.75, 3.05) is 11.9 Å². The van der Waals surface area contributed by atoms with Gasteiger partial charge < -0.3 is 14.1 Å². The van der Waals surface area contributed by atoms with Crippen molar-refractivity contribution in [2.45, 2.75) is 38.9 Å². The lowest BCUT2D eigenvalue weighted by Crippen LogP contribution is -2.41.